The monoisotopic (exact) mass is 287 g/mol. The van der Waals surface area contributed by atoms with Crippen LogP contribution < -0.4 is 14.8 Å². The number of methoxy groups -OCH3 is 1. The molecular weight excluding hydrogens is 266 g/mol. The lowest BCUT2D eigenvalue weighted by Gasteiger charge is -2.16. The van der Waals surface area contributed by atoms with Gasteiger partial charge in [-0.1, -0.05) is 18.5 Å². The second kappa shape index (κ2) is 9.02. The fourth-order valence-corrected chi connectivity index (χ4v) is 1.91. The Morgan fingerprint density at radius 3 is 2.63 bits per heavy atom. The highest BCUT2D eigenvalue weighted by Gasteiger charge is 2.12. The van der Waals surface area contributed by atoms with Crippen molar-refractivity contribution in [2.75, 3.05) is 33.5 Å². The van der Waals surface area contributed by atoms with Gasteiger partial charge in [0.1, 0.15) is 6.61 Å². The van der Waals surface area contributed by atoms with Crippen LogP contribution in [-0.2, 0) is 11.3 Å². The van der Waals surface area contributed by atoms with E-state index in [0.717, 1.165) is 17.9 Å². The van der Waals surface area contributed by atoms with E-state index in [2.05, 4.69) is 12.2 Å². The van der Waals surface area contributed by atoms with Crippen molar-refractivity contribution in [2.24, 2.45) is 0 Å². The summed E-state index contributed by atoms with van der Waals surface area (Å²) in [5, 5.41) is 3.90. The third-order valence-corrected chi connectivity index (χ3v) is 2.78. The minimum absolute atomic E-state index is 0.491. The third-order valence-electron chi connectivity index (χ3n) is 2.56. The maximum Gasteiger partial charge on any atom is 0.165 e. The Balaban J connectivity index is 2.82. The van der Waals surface area contributed by atoms with Crippen molar-refractivity contribution in [1.82, 2.24) is 5.32 Å². The molecule has 1 aromatic carbocycles. The summed E-state index contributed by atoms with van der Waals surface area (Å²) >= 11 is 6.08. The topological polar surface area (TPSA) is 39.7 Å². The molecule has 1 aromatic rings. The van der Waals surface area contributed by atoms with Crippen LogP contribution in [0.5, 0.6) is 11.5 Å². The molecule has 19 heavy (non-hydrogen) atoms. The molecule has 0 bridgehead atoms. The third kappa shape index (κ3) is 5.27. The molecule has 0 aliphatic heterocycles. The van der Waals surface area contributed by atoms with Crippen LogP contribution in [0.25, 0.3) is 0 Å². The highest BCUT2D eigenvalue weighted by atomic mass is 35.5. The van der Waals surface area contributed by atoms with Gasteiger partial charge in [0.05, 0.1) is 13.7 Å². The van der Waals surface area contributed by atoms with Gasteiger partial charge in [0.15, 0.2) is 11.5 Å². The van der Waals surface area contributed by atoms with Gasteiger partial charge in [-0.15, -0.1) is 0 Å². The first-order chi connectivity index (χ1) is 9.22. The van der Waals surface area contributed by atoms with E-state index in [0.29, 0.717) is 37.1 Å². The largest absolute Gasteiger partial charge is 0.493 e. The number of hydrogen-bond acceptors (Lipinski definition) is 4. The van der Waals surface area contributed by atoms with Crippen LogP contribution in [0.15, 0.2) is 12.1 Å². The quantitative estimate of drug-likeness (QED) is 0.709. The average molecular weight is 288 g/mol. The molecule has 0 saturated carbocycles. The summed E-state index contributed by atoms with van der Waals surface area (Å²) < 4.78 is 16.4. The van der Waals surface area contributed by atoms with Crippen molar-refractivity contribution in [1.29, 1.82) is 0 Å². The molecule has 0 saturated heterocycles. The van der Waals surface area contributed by atoms with Crippen LogP contribution in [0.2, 0.25) is 5.02 Å². The molecule has 0 atom stereocenters. The standard InChI is InChI=1S/C14H22ClNO3/c1-4-16-10-11-8-12(15)9-13(17-3)14(11)19-7-6-18-5-2/h8-9,16H,4-7,10H2,1-3H3. The van der Waals surface area contributed by atoms with Crippen LogP contribution in [0.4, 0.5) is 0 Å². The first kappa shape index (κ1) is 16.1. The van der Waals surface area contributed by atoms with E-state index < -0.39 is 0 Å². The predicted octanol–water partition coefficient (Wildman–Crippen LogP) is 2.87. The number of rotatable bonds is 9. The summed E-state index contributed by atoms with van der Waals surface area (Å²) in [7, 11) is 1.61. The van der Waals surface area contributed by atoms with Gasteiger partial charge in [-0.3, -0.25) is 0 Å². The smallest absolute Gasteiger partial charge is 0.165 e. The maximum absolute atomic E-state index is 6.08. The molecule has 108 valence electrons. The van der Waals surface area contributed by atoms with E-state index in [-0.39, 0.29) is 0 Å². The normalized spacial score (nSPS) is 10.5. The van der Waals surface area contributed by atoms with Crippen molar-refractivity contribution >= 4 is 11.6 Å². The van der Waals surface area contributed by atoms with Crippen molar-refractivity contribution in [2.45, 2.75) is 20.4 Å². The molecule has 0 fully saturated rings. The Labute approximate surface area is 120 Å². The minimum Gasteiger partial charge on any atom is -0.493 e. The Morgan fingerprint density at radius 2 is 2.00 bits per heavy atom. The number of nitrogens with one attached hydrogen (secondary N) is 1. The van der Waals surface area contributed by atoms with E-state index in [9.17, 15) is 0 Å². The SMILES string of the molecule is CCNCc1cc(Cl)cc(OC)c1OCCOCC. The molecule has 1 rings (SSSR count). The zero-order chi connectivity index (χ0) is 14.1. The molecule has 0 aliphatic carbocycles. The summed E-state index contributed by atoms with van der Waals surface area (Å²) in [6, 6.07) is 3.65. The Morgan fingerprint density at radius 1 is 1.21 bits per heavy atom. The minimum atomic E-state index is 0.491. The number of hydrogen-bond donors (Lipinski definition) is 1. The van der Waals surface area contributed by atoms with Gasteiger partial charge in [0.2, 0.25) is 0 Å². The van der Waals surface area contributed by atoms with Gasteiger partial charge in [0, 0.05) is 29.8 Å². The first-order valence-corrected chi connectivity index (χ1v) is 6.88. The lowest BCUT2D eigenvalue weighted by atomic mass is 10.2. The van der Waals surface area contributed by atoms with Crippen molar-refractivity contribution in [3.05, 3.63) is 22.7 Å². The van der Waals surface area contributed by atoms with Gasteiger partial charge in [0.25, 0.3) is 0 Å². The van der Waals surface area contributed by atoms with Gasteiger partial charge in [-0.25, -0.2) is 0 Å². The van der Waals surface area contributed by atoms with Gasteiger partial charge in [-0.2, -0.15) is 0 Å². The van der Waals surface area contributed by atoms with Gasteiger partial charge < -0.3 is 19.5 Å². The summed E-state index contributed by atoms with van der Waals surface area (Å²) in [5.74, 6) is 1.38. The number of halogens is 1. The van der Waals surface area contributed by atoms with Crippen molar-refractivity contribution in [3.8, 4) is 11.5 Å². The molecule has 0 aromatic heterocycles. The molecule has 0 unspecified atom stereocenters. The Kier molecular flexibility index (Phi) is 7.63. The van der Waals surface area contributed by atoms with E-state index in [4.69, 9.17) is 25.8 Å². The fraction of sp³-hybridized carbons (Fsp3) is 0.571. The lowest BCUT2D eigenvalue weighted by molar-refractivity contribution is 0.108. The number of ether oxygens (including phenoxy) is 3. The van der Waals surface area contributed by atoms with Crippen LogP contribution in [0.3, 0.4) is 0 Å². The molecule has 1 N–H and O–H groups in total. The molecule has 4 nitrogen and oxygen atoms in total. The zero-order valence-electron chi connectivity index (χ0n) is 11.8. The van der Waals surface area contributed by atoms with E-state index >= 15 is 0 Å². The van der Waals surface area contributed by atoms with Crippen LogP contribution >= 0.6 is 11.6 Å². The molecular formula is C14H22ClNO3. The summed E-state index contributed by atoms with van der Waals surface area (Å²) in [6.07, 6.45) is 0. The van der Waals surface area contributed by atoms with Crippen molar-refractivity contribution < 1.29 is 14.2 Å². The summed E-state index contributed by atoms with van der Waals surface area (Å²) in [6.45, 7) is 7.32. The average Bonchev–Trinajstić information content (AvgIpc) is 2.42. The molecule has 0 heterocycles. The van der Waals surface area contributed by atoms with Crippen molar-refractivity contribution in [3.63, 3.8) is 0 Å². The summed E-state index contributed by atoms with van der Waals surface area (Å²) in [5.41, 5.74) is 0.989. The maximum atomic E-state index is 6.08. The highest BCUT2D eigenvalue weighted by Crippen LogP contribution is 2.34. The van der Waals surface area contributed by atoms with Gasteiger partial charge >= 0.3 is 0 Å². The van der Waals surface area contributed by atoms with Crippen LogP contribution in [-0.4, -0.2) is 33.5 Å². The Bertz CT molecular complexity index is 385. The summed E-state index contributed by atoms with van der Waals surface area (Å²) in [4.78, 5) is 0. The lowest BCUT2D eigenvalue weighted by Crippen LogP contribution is -2.14. The second-order valence-electron chi connectivity index (χ2n) is 3.92. The molecule has 5 heteroatoms. The molecule has 0 aliphatic rings. The zero-order valence-corrected chi connectivity index (χ0v) is 12.5. The van der Waals surface area contributed by atoms with E-state index in [1.165, 1.54) is 0 Å². The fourth-order valence-electron chi connectivity index (χ4n) is 1.68. The van der Waals surface area contributed by atoms with E-state index in [1.807, 2.05) is 13.0 Å². The molecule has 0 spiro atoms. The number of benzene rings is 1. The Hall–Kier alpha value is -0.970. The predicted molar refractivity (Wildman–Crippen MR) is 77.4 cm³/mol. The van der Waals surface area contributed by atoms with Crippen LogP contribution in [0, 0.1) is 0 Å². The van der Waals surface area contributed by atoms with Gasteiger partial charge in [-0.05, 0) is 19.5 Å². The highest BCUT2D eigenvalue weighted by molar-refractivity contribution is 6.30. The second-order valence-corrected chi connectivity index (χ2v) is 4.36. The first-order valence-electron chi connectivity index (χ1n) is 6.50. The van der Waals surface area contributed by atoms with Crippen LogP contribution in [0.1, 0.15) is 19.4 Å². The molecule has 0 radical (unpaired) electrons. The van der Waals surface area contributed by atoms with E-state index in [1.54, 1.807) is 13.2 Å². The molecule has 0 amide bonds.